The molecule has 0 heterocycles. The Morgan fingerprint density at radius 1 is 1.11 bits per heavy atom. The molecule has 0 saturated carbocycles. The number of nitrogens with zero attached hydrogens (tertiary/aromatic N) is 2. The molecule has 2 aromatic carbocycles. The normalized spacial score (nSPS) is 11.1. The predicted octanol–water partition coefficient (Wildman–Crippen LogP) is 3.43. The molecule has 19 heavy (non-hydrogen) atoms. The summed E-state index contributed by atoms with van der Waals surface area (Å²) in [4.78, 5) is 10.4. The van der Waals surface area contributed by atoms with E-state index in [-0.39, 0.29) is 5.69 Å². The van der Waals surface area contributed by atoms with Crippen molar-refractivity contribution in [1.82, 2.24) is 0 Å². The Bertz CT molecular complexity index is 609. The molecule has 0 unspecified atom stereocenters. The molecule has 0 radical (unpaired) electrons. The van der Waals surface area contributed by atoms with Crippen LogP contribution >= 0.6 is 0 Å². The predicted molar refractivity (Wildman–Crippen MR) is 75.4 cm³/mol. The largest absolute Gasteiger partial charge is 0.294 e. The minimum atomic E-state index is -0.435. The smallest absolute Gasteiger partial charge is 0.271 e. The second-order valence-electron chi connectivity index (χ2n) is 3.95. The molecule has 0 amide bonds. The first-order valence-corrected chi connectivity index (χ1v) is 5.77. The van der Waals surface area contributed by atoms with Crippen LogP contribution in [0.25, 0.3) is 0 Å². The summed E-state index contributed by atoms with van der Waals surface area (Å²) in [6.45, 7) is 1.84. The van der Waals surface area contributed by atoms with Crippen molar-refractivity contribution in [2.24, 2.45) is 5.10 Å². The Labute approximate surface area is 110 Å². The maximum atomic E-state index is 10.9. The fourth-order valence-corrected chi connectivity index (χ4v) is 1.62. The van der Waals surface area contributed by atoms with Crippen LogP contribution in [0.3, 0.4) is 0 Å². The number of hydrogen-bond acceptors (Lipinski definition) is 4. The molecule has 2 aromatic rings. The Hall–Kier alpha value is -2.69. The van der Waals surface area contributed by atoms with Crippen LogP contribution in [0.2, 0.25) is 0 Å². The topological polar surface area (TPSA) is 67.5 Å². The quantitative estimate of drug-likeness (QED) is 0.517. The molecule has 0 aliphatic rings. The van der Waals surface area contributed by atoms with Crippen molar-refractivity contribution >= 4 is 17.1 Å². The third kappa shape index (κ3) is 3.16. The molecule has 1 N–H and O–H groups in total. The first kappa shape index (κ1) is 12.8. The van der Waals surface area contributed by atoms with Gasteiger partial charge in [0.05, 0.1) is 10.6 Å². The summed E-state index contributed by atoms with van der Waals surface area (Å²) in [6.07, 6.45) is 0. The highest BCUT2D eigenvalue weighted by Crippen LogP contribution is 2.23. The van der Waals surface area contributed by atoms with E-state index in [1.165, 1.54) is 6.07 Å². The Morgan fingerprint density at radius 2 is 1.74 bits per heavy atom. The SMILES string of the molecule is C/C(=N/Nc1ccccc1[N+](=O)[O-])c1ccccc1. The zero-order valence-corrected chi connectivity index (χ0v) is 10.4. The number of anilines is 1. The van der Waals surface area contributed by atoms with Crippen LogP contribution in [0.1, 0.15) is 12.5 Å². The van der Waals surface area contributed by atoms with Gasteiger partial charge in [0.2, 0.25) is 0 Å². The minimum Gasteiger partial charge on any atom is -0.271 e. The van der Waals surface area contributed by atoms with E-state index in [0.717, 1.165) is 11.3 Å². The molecule has 5 nitrogen and oxygen atoms in total. The van der Waals surface area contributed by atoms with Gasteiger partial charge in [-0.3, -0.25) is 15.5 Å². The van der Waals surface area contributed by atoms with Gasteiger partial charge >= 0.3 is 0 Å². The summed E-state index contributed by atoms with van der Waals surface area (Å²) in [7, 11) is 0. The lowest BCUT2D eigenvalue weighted by Gasteiger charge is -2.04. The molecule has 2 rings (SSSR count). The number of nitro groups is 1. The first-order chi connectivity index (χ1) is 9.18. The van der Waals surface area contributed by atoms with E-state index in [2.05, 4.69) is 10.5 Å². The van der Waals surface area contributed by atoms with Crippen LogP contribution in [-0.4, -0.2) is 10.6 Å². The van der Waals surface area contributed by atoms with Gasteiger partial charge in [0.15, 0.2) is 0 Å². The summed E-state index contributed by atoms with van der Waals surface area (Å²) >= 11 is 0. The van der Waals surface area contributed by atoms with Gasteiger partial charge in [-0.05, 0) is 18.6 Å². The highest BCUT2D eigenvalue weighted by molar-refractivity contribution is 5.99. The zero-order valence-electron chi connectivity index (χ0n) is 10.4. The van der Waals surface area contributed by atoms with Crippen LogP contribution in [0.5, 0.6) is 0 Å². The maximum absolute atomic E-state index is 10.9. The average Bonchev–Trinajstić information content (AvgIpc) is 2.46. The standard InChI is InChI=1S/C14H13N3O2/c1-11(12-7-3-2-4-8-12)15-16-13-9-5-6-10-14(13)17(18)19/h2-10,16H,1H3/b15-11-. The van der Waals surface area contributed by atoms with Crippen molar-refractivity contribution in [1.29, 1.82) is 0 Å². The Balaban J connectivity index is 2.21. The van der Waals surface area contributed by atoms with E-state index in [1.54, 1.807) is 18.2 Å². The maximum Gasteiger partial charge on any atom is 0.294 e. The van der Waals surface area contributed by atoms with Crippen molar-refractivity contribution in [3.63, 3.8) is 0 Å². The number of nitro benzene ring substituents is 1. The van der Waals surface area contributed by atoms with E-state index in [0.29, 0.717) is 5.69 Å². The Morgan fingerprint density at radius 3 is 2.42 bits per heavy atom. The van der Waals surface area contributed by atoms with Gasteiger partial charge in [0.1, 0.15) is 5.69 Å². The van der Waals surface area contributed by atoms with Crippen LogP contribution in [-0.2, 0) is 0 Å². The molecule has 0 fully saturated rings. The number of para-hydroxylation sites is 2. The molecule has 0 aliphatic heterocycles. The first-order valence-electron chi connectivity index (χ1n) is 5.77. The highest BCUT2D eigenvalue weighted by Gasteiger charge is 2.11. The molecule has 0 bridgehead atoms. The van der Waals surface area contributed by atoms with Gasteiger partial charge in [-0.15, -0.1) is 0 Å². The van der Waals surface area contributed by atoms with Crippen LogP contribution in [0.4, 0.5) is 11.4 Å². The third-order valence-electron chi connectivity index (χ3n) is 2.64. The summed E-state index contributed by atoms with van der Waals surface area (Å²) in [5.74, 6) is 0. The second-order valence-corrected chi connectivity index (χ2v) is 3.95. The van der Waals surface area contributed by atoms with Gasteiger partial charge in [0.25, 0.3) is 5.69 Å². The summed E-state index contributed by atoms with van der Waals surface area (Å²) in [6, 6.07) is 16.0. The second kappa shape index (κ2) is 5.77. The van der Waals surface area contributed by atoms with E-state index >= 15 is 0 Å². The van der Waals surface area contributed by atoms with Crippen molar-refractivity contribution in [3.05, 3.63) is 70.3 Å². The van der Waals surface area contributed by atoms with Gasteiger partial charge in [-0.2, -0.15) is 5.10 Å². The van der Waals surface area contributed by atoms with Gasteiger partial charge in [-0.1, -0.05) is 42.5 Å². The van der Waals surface area contributed by atoms with Crippen molar-refractivity contribution in [2.45, 2.75) is 6.92 Å². The lowest BCUT2D eigenvalue weighted by atomic mass is 10.1. The molecule has 5 heteroatoms. The Kier molecular flexibility index (Phi) is 3.87. The number of hydrazone groups is 1. The van der Waals surface area contributed by atoms with E-state index in [4.69, 9.17) is 0 Å². The fourth-order valence-electron chi connectivity index (χ4n) is 1.62. The monoisotopic (exact) mass is 255 g/mol. The number of rotatable bonds is 4. The van der Waals surface area contributed by atoms with Gasteiger partial charge in [-0.25, -0.2) is 0 Å². The highest BCUT2D eigenvalue weighted by atomic mass is 16.6. The number of benzene rings is 2. The number of hydrogen-bond donors (Lipinski definition) is 1. The summed E-state index contributed by atoms with van der Waals surface area (Å²) in [5, 5.41) is 15.0. The summed E-state index contributed by atoms with van der Waals surface area (Å²) in [5.41, 5.74) is 4.85. The van der Waals surface area contributed by atoms with Crippen LogP contribution in [0, 0.1) is 10.1 Å². The number of nitrogens with one attached hydrogen (secondary N) is 1. The summed E-state index contributed by atoms with van der Waals surface area (Å²) < 4.78 is 0. The van der Waals surface area contributed by atoms with Crippen molar-refractivity contribution in [3.8, 4) is 0 Å². The van der Waals surface area contributed by atoms with Crippen LogP contribution in [0.15, 0.2) is 59.7 Å². The van der Waals surface area contributed by atoms with E-state index < -0.39 is 4.92 Å². The molecule has 0 aromatic heterocycles. The average molecular weight is 255 g/mol. The molecule has 0 atom stereocenters. The van der Waals surface area contributed by atoms with Gasteiger partial charge < -0.3 is 0 Å². The third-order valence-corrected chi connectivity index (χ3v) is 2.64. The molecule has 0 aliphatic carbocycles. The van der Waals surface area contributed by atoms with Crippen molar-refractivity contribution < 1.29 is 4.92 Å². The minimum absolute atomic E-state index is 0.00658. The molecular weight excluding hydrogens is 242 g/mol. The van der Waals surface area contributed by atoms with Gasteiger partial charge in [0, 0.05) is 6.07 Å². The zero-order chi connectivity index (χ0) is 13.7. The molecule has 0 saturated heterocycles. The van der Waals surface area contributed by atoms with E-state index in [9.17, 15) is 10.1 Å². The van der Waals surface area contributed by atoms with Crippen molar-refractivity contribution in [2.75, 3.05) is 5.43 Å². The van der Waals surface area contributed by atoms with Crippen LogP contribution < -0.4 is 5.43 Å². The lowest BCUT2D eigenvalue weighted by molar-refractivity contribution is -0.384. The molecular formula is C14H13N3O2. The fraction of sp³-hybridized carbons (Fsp3) is 0.0714. The van der Waals surface area contributed by atoms with E-state index in [1.807, 2.05) is 37.3 Å². The lowest BCUT2D eigenvalue weighted by Crippen LogP contribution is -2.01. The molecule has 0 spiro atoms. The molecule has 96 valence electrons.